The highest BCUT2D eigenvalue weighted by molar-refractivity contribution is 5.78. The number of hydrogen-bond acceptors (Lipinski definition) is 5. The molecule has 0 bridgehead atoms. The maximum absolute atomic E-state index is 13.3. The Hall–Kier alpha value is -3.19. The first-order chi connectivity index (χ1) is 15.2. The van der Waals surface area contributed by atoms with Gasteiger partial charge < -0.3 is 19.5 Å². The normalized spacial score (nSPS) is 15.1. The van der Waals surface area contributed by atoms with Gasteiger partial charge in [0.15, 0.2) is 5.82 Å². The molecule has 1 aromatic heterocycles. The number of rotatable bonds is 7. The molecule has 3 aromatic rings. The first-order valence-electron chi connectivity index (χ1n) is 10.8. The van der Waals surface area contributed by atoms with E-state index in [-0.39, 0.29) is 23.9 Å². The molecule has 0 saturated carbocycles. The van der Waals surface area contributed by atoms with Gasteiger partial charge in [0, 0.05) is 26.1 Å². The van der Waals surface area contributed by atoms with E-state index in [2.05, 4.69) is 10.3 Å². The predicted molar refractivity (Wildman–Crippen MR) is 121 cm³/mol. The molecule has 1 atom stereocenters. The lowest BCUT2D eigenvalue weighted by molar-refractivity contribution is -0.122. The van der Waals surface area contributed by atoms with Crippen LogP contribution in [0.15, 0.2) is 59.4 Å². The molecule has 4 rings (SSSR count). The topological polar surface area (TPSA) is 76.5 Å². The van der Waals surface area contributed by atoms with Gasteiger partial charge in [-0.1, -0.05) is 49.4 Å². The summed E-state index contributed by atoms with van der Waals surface area (Å²) in [6, 6.07) is 17.5. The van der Waals surface area contributed by atoms with Crippen LogP contribution in [0.3, 0.4) is 0 Å². The minimum atomic E-state index is -0.163. The molecule has 0 spiro atoms. The number of hydrogen-bond donors (Lipinski definition) is 1. The summed E-state index contributed by atoms with van der Waals surface area (Å²) in [6.45, 7) is 4.78. The third kappa shape index (κ3) is 4.77. The molecule has 1 aliphatic rings. The lowest BCUT2D eigenvalue weighted by Gasteiger charge is -2.28. The van der Waals surface area contributed by atoms with Crippen molar-refractivity contribution in [2.45, 2.75) is 32.4 Å². The van der Waals surface area contributed by atoms with E-state index in [0.717, 1.165) is 23.0 Å². The van der Waals surface area contributed by atoms with Crippen LogP contribution >= 0.6 is 0 Å². The zero-order valence-electron chi connectivity index (χ0n) is 17.8. The molecule has 1 amide bonds. The van der Waals surface area contributed by atoms with Gasteiger partial charge in [0.25, 0.3) is 5.56 Å². The van der Waals surface area contributed by atoms with Crippen LogP contribution in [-0.4, -0.2) is 41.8 Å². The first-order valence-corrected chi connectivity index (χ1v) is 10.8. The average Bonchev–Trinajstić information content (AvgIpc) is 2.82. The van der Waals surface area contributed by atoms with E-state index in [9.17, 15) is 9.59 Å². The largest absolute Gasteiger partial charge is 0.378 e. The third-order valence-corrected chi connectivity index (χ3v) is 5.65. The van der Waals surface area contributed by atoms with Crippen molar-refractivity contribution in [3.8, 4) is 0 Å². The second-order valence-electron chi connectivity index (χ2n) is 7.67. The Morgan fingerprint density at radius 1 is 1.10 bits per heavy atom. The fourth-order valence-corrected chi connectivity index (χ4v) is 3.97. The van der Waals surface area contributed by atoms with Crippen LogP contribution in [0.4, 0.5) is 5.82 Å². The molecule has 0 aliphatic carbocycles. The van der Waals surface area contributed by atoms with Gasteiger partial charge >= 0.3 is 0 Å². The summed E-state index contributed by atoms with van der Waals surface area (Å²) in [6.07, 6.45) is 1.02. The van der Waals surface area contributed by atoms with E-state index in [1.165, 1.54) is 0 Å². The predicted octanol–water partition coefficient (Wildman–Crippen LogP) is 2.89. The Morgan fingerprint density at radius 2 is 1.81 bits per heavy atom. The van der Waals surface area contributed by atoms with Gasteiger partial charge in [-0.2, -0.15) is 0 Å². The third-order valence-electron chi connectivity index (χ3n) is 5.65. The van der Waals surface area contributed by atoms with Crippen molar-refractivity contribution < 1.29 is 9.53 Å². The number of nitrogens with one attached hydrogen (secondary N) is 1. The minimum absolute atomic E-state index is 0.0384. The highest BCUT2D eigenvalue weighted by atomic mass is 16.5. The van der Waals surface area contributed by atoms with Crippen molar-refractivity contribution in [3.63, 3.8) is 0 Å². The fourth-order valence-electron chi connectivity index (χ4n) is 3.97. The summed E-state index contributed by atoms with van der Waals surface area (Å²) >= 11 is 0. The molecule has 2 heterocycles. The number of amides is 1. The number of para-hydroxylation sites is 2. The molecule has 1 saturated heterocycles. The zero-order valence-corrected chi connectivity index (χ0v) is 17.8. The number of fused-ring (bicyclic) bond motifs is 1. The Bertz CT molecular complexity index is 1090. The van der Waals surface area contributed by atoms with Crippen molar-refractivity contribution in [2.24, 2.45) is 0 Å². The quantitative estimate of drug-likeness (QED) is 0.636. The van der Waals surface area contributed by atoms with Crippen LogP contribution in [-0.2, 0) is 16.1 Å². The van der Waals surface area contributed by atoms with E-state index in [1.807, 2.05) is 66.4 Å². The maximum Gasteiger partial charge on any atom is 0.294 e. The van der Waals surface area contributed by atoms with Gasteiger partial charge in [-0.3, -0.25) is 9.59 Å². The summed E-state index contributed by atoms with van der Waals surface area (Å²) in [5, 5.41) is 3.10. The number of anilines is 1. The molecule has 2 aromatic carbocycles. The lowest BCUT2D eigenvalue weighted by atomic mass is 10.0. The molecule has 1 unspecified atom stereocenters. The second-order valence-corrected chi connectivity index (χ2v) is 7.67. The van der Waals surface area contributed by atoms with Crippen molar-refractivity contribution in [1.82, 2.24) is 14.9 Å². The lowest BCUT2D eigenvalue weighted by Crippen LogP contribution is -2.41. The number of benzene rings is 2. The molecule has 1 aliphatic heterocycles. The first kappa shape index (κ1) is 21.1. The summed E-state index contributed by atoms with van der Waals surface area (Å²) in [5.74, 6) is 0.356. The van der Waals surface area contributed by atoms with Crippen molar-refractivity contribution in [3.05, 3.63) is 70.5 Å². The minimum Gasteiger partial charge on any atom is -0.378 e. The van der Waals surface area contributed by atoms with E-state index < -0.39 is 0 Å². The van der Waals surface area contributed by atoms with Crippen LogP contribution in [0.1, 0.15) is 31.4 Å². The van der Waals surface area contributed by atoms with Gasteiger partial charge in [0.2, 0.25) is 5.91 Å². The number of carbonyl (C=O) groups is 1. The van der Waals surface area contributed by atoms with Gasteiger partial charge in [-0.05, 0) is 24.1 Å². The average molecular weight is 421 g/mol. The molecule has 7 nitrogen and oxygen atoms in total. The monoisotopic (exact) mass is 420 g/mol. The van der Waals surface area contributed by atoms with E-state index >= 15 is 0 Å². The zero-order chi connectivity index (χ0) is 21.6. The molecule has 31 heavy (non-hydrogen) atoms. The molecular formula is C24H28N4O3. The van der Waals surface area contributed by atoms with E-state index in [0.29, 0.717) is 38.7 Å². The number of aryl methyl sites for hydroxylation is 1. The summed E-state index contributed by atoms with van der Waals surface area (Å²) in [7, 11) is 0. The number of ether oxygens (including phenoxy) is 1. The Kier molecular flexibility index (Phi) is 6.62. The van der Waals surface area contributed by atoms with Gasteiger partial charge in [-0.25, -0.2) is 4.98 Å². The molecule has 162 valence electrons. The van der Waals surface area contributed by atoms with E-state index in [4.69, 9.17) is 4.74 Å². The summed E-state index contributed by atoms with van der Waals surface area (Å²) in [4.78, 5) is 32.6. The molecule has 1 fully saturated rings. The maximum atomic E-state index is 13.3. The van der Waals surface area contributed by atoms with Crippen molar-refractivity contribution in [2.75, 3.05) is 31.2 Å². The van der Waals surface area contributed by atoms with Crippen molar-refractivity contribution >= 4 is 22.8 Å². The molecule has 7 heteroatoms. The van der Waals surface area contributed by atoms with E-state index in [1.54, 1.807) is 4.57 Å². The van der Waals surface area contributed by atoms with Crippen LogP contribution in [0, 0.1) is 0 Å². The van der Waals surface area contributed by atoms with Gasteiger partial charge in [-0.15, -0.1) is 0 Å². The number of aromatic nitrogens is 2. The summed E-state index contributed by atoms with van der Waals surface area (Å²) < 4.78 is 7.09. The van der Waals surface area contributed by atoms with Gasteiger partial charge in [0.05, 0.1) is 30.3 Å². The highest BCUT2D eigenvalue weighted by Gasteiger charge is 2.20. The Morgan fingerprint density at radius 3 is 2.55 bits per heavy atom. The summed E-state index contributed by atoms with van der Waals surface area (Å²) in [5.41, 5.74) is 2.41. The van der Waals surface area contributed by atoms with Gasteiger partial charge in [0.1, 0.15) is 0 Å². The standard InChI is InChI=1S/C24H28N4O3/c1-2-19(18-8-4-3-5-9-18)25-22(29)12-13-28-21-11-7-6-10-20(21)26-23(24(28)30)27-14-16-31-17-15-27/h3-11,19H,2,12-17H2,1H3,(H,25,29). The Labute approximate surface area is 181 Å². The smallest absolute Gasteiger partial charge is 0.294 e. The number of morpholine rings is 1. The van der Waals surface area contributed by atoms with Crippen LogP contribution < -0.4 is 15.8 Å². The molecular weight excluding hydrogens is 392 g/mol. The second kappa shape index (κ2) is 9.75. The molecule has 0 radical (unpaired) electrons. The van der Waals surface area contributed by atoms with Crippen LogP contribution in [0.5, 0.6) is 0 Å². The SMILES string of the molecule is CCC(NC(=O)CCn1c(=O)c(N2CCOCC2)nc2ccccc21)c1ccccc1. The van der Waals surface area contributed by atoms with Crippen LogP contribution in [0.2, 0.25) is 0 Å². The number of carbonyl (C=O) groups excluding carboxylic acids is 1. The highest BCUT2D eigenvalue weighted by Crippen LogP contribution is 2.18. The van der Waals surface area contributed by atoms with Crippen LogP contribution in [0.25, 0.3) is 11.0 Å². The Balaban J connectivity index is 1.55. The number of nitrogens with zero attached hydrogens (tertiary/aromatic N) is 3. The molecule has 1 N–H and O–H groups in total. The van der Waals surface area contributed by atoms with Crippen molar-refractivity contribution in [1.29, 1.82) is 0 Å². The fraction of sp³-hybridized carbons (Fsp3) is 0.375.